The van der Waals surface area contributed by atoms with Crippen molar-refractivity contribution >= 4 is 23.9 Å². The minimum atomic E-state index is -1.23. The summed E-state index contributed by atoms with van der Waals surface area (Å²) in [4.78, 5) is 41.9. The second kappa shape index (κ2) is 16.2. The zero-order valence-corrected chi connectivity index (χ0v) is 18.3. The van der Waals surface area contributed by atoms with Gasteiger partial charge in [-0.2, -0.15) is 0 Å². The van der Waals surface area contributed by atoms with E-state index in [1.165, 1.54) is 55.0 Å². The molecule has 8 nitrogen and oxygen atoms in total. The lowest BCUT2D eigenvalue weighted by atomic mass is 10.1. The molecule has 0 atom stereocenters. The number of carbonyl (C=O) groups is 4. The minimum absolute atomic E-state index is 0.190. The standard InChI is InChI=1S/2C8H6O4.C5H12.C2H6/c2*9-7(10)5-3-1-2-4-6(5)8(11)12;1-4-5(2)3;1-2/h2*1-4H,(H,9,10)(H,11,12);5H,4H2,1-3H3;1-2H3. The molecule has 0 radical (unpaired) electrons. The van der Waals surface area contributed by atoms with Gasteiger partial charge in [-0.3, -0.25) is 0 Å². The molecule has 0 bridgehead atoms. The first kappa shape index (κ1) is 29.5. The van der Waals surface area contributed by atoms with Crippen LogP contribution in [0.15, 0.2) is 48.5 Å². The van der Waals surface area contributed by atoms with Gasteiger partial charge in [-0.15, -0.1) is 0 Å². The molecule has 0 saturated carbocycles. The monoisotopic (exact) mass is 434 g/mol. The first-order valence-corrected chi connectivity index (χ1v) is 9.64. The summed E-state index contributed by atoms with van der Waals surface area (Å²) in [5.74, 6) is -4.03. The summed E-state index contributed by atoms with van der Waals surface area (Å²) in [7, 11) is 0. The van der Waals surface area contributed by atoms with Crippen molar-refractivity contribution < 1.29 is 39.6 Å². The summed E-state index contributed by atoms with van der Waals surface area (Å²) < 4.78 is 0. The third kappa shape index (κ3) is 11.8. The number of benzene rings is 2. The zero-order chi connectivity index (χ0) is 24.6. The quantitative estimate of drug-likeness (QED) is 0.499. The molecule has 31 heavy (non-hydrogen) atoms. The van der Waals surface area contributed by atoms with E-state index >= 15 is 0 Å². The van der Waals surface area contributed by atoms with Gasteiger partial charge in [0.2, 0.25) is 0 Å². The lowest BCUT2D eigenvalue weighted by molar-refractivity contribution is 0.0651. The van der Waals surface area contributed by atoms with Gasteiger partial charge in [0.15, 0.2) is 0 Å². The van der Waals surface area contributed by atoms with E-state index in [0.29, 0.717) is 0 Å². The molecule has 0 heterocycles. The van der Waals surface area contributed by atoms with Crippen LogP contribution in [-0.4, -0.2) is 44.3 Å². The highest BCUT2D eigenvalue weighted by Crippen LogP contribution is 2.08. The van der Waals surface area contributed by atoms with Gasteiger partial charge in [-0.1, -0.05) is 65.3 Å². The van der Waals surface area contributed by atoms with Crippen molar-refractivity contribution in [1.29, 1.82) is 0 Å². The van der Waals surface area contributed by atoms with Crippen molar-refractivity contribution in [2.24, 2.45) is 5.92 Å². The van der Waals surface area contributed by atoms with Crippen LogP contribution in [0.4, 0.5) is 0 Å². The normalized spacial score (nSPS) is 8.97. The first-order chi connectivity index (χ1) is 14.5. The number of rotatable bonds is 5. The molecular weight excluding hydrogens is 404 g/mol. The van der Waals surface area contributed by atoms with E-state index in [9.17, 15) is 19.2 Å². The van der Waals surface area contributed by atoms with Crippen molar-refractivity contribution in [3.05, 3.63) is 70.8 Å². The molecule has 0 spiro atoms. The Balaban J connectivity index is 0. The van der Waals surface area contributed by atoms with Crippen LogP contribution in [0.2, 0.25) is 0 Å². The molecule has 0 amide bonds. The topological polar surface area (TPSA) is 149 Å². The molecule has 0 fully saturated rings. The van der Waals surface area contributed by atoms with Gasteiger partial charge >= 0.3 is 23.9 Å². The Morgan fingerprint density at radius 1 is 0.613 bits per heavy atom. The average molecular weight is 434 g/mol. The Bertz CT molecular complexity index is 723. The van der Waals surface area contributed by atoms with Gasteiger partial charge in [0, 0.05) is 0 Å². The molecule has 4 N–H and O–H groups in total. The Morgan fingerprint density at radius 3 is 0.871 bits per heavy atom. The SMILES string of the molecule is CC.CCC(C)C.O=C(O)c1ccccc1C(=O)O.O=C(O)c1ccccc1C(=O)O. The Morgan fingerprint density at radius 2 is 0.774 bits per heavy atom. The van der Waals surface area contributed by atoms with E-state index in [-0.39, 0.29) is 22.3 Å². The van der Waals surface area contributed by atoms with Crippen LogP contribution < -0.4 is 0 Å². The van der Waals surface area contributed by atoms with Gasteiger partial charge < -0.3 is 20.4 Å². The van der Waals surface area contributed by atoms with Crippen LogP contribution in [0.25, 0.3) is 0 Å². The summed E-state index contributed by atoms with van der Waals surface area (Å²) >= 11 is 0. The fourth-order valence-corrected chi connectivity index (χ4v) is 1.71. The molecular formula is C23H30O8. The number of carboxylic acid groups (broad SMARTS) is 4. The fourth-order valence-electron chi connectivity index (χ4n) is 1.71. The largest absolute Gasteiger partial charge is 0.478 e. The van der Waals surface area contributed by atoms with E-state index in [2.05, 4.69) is 20.8 Å². The first-order valence-electron chi connectivity index (χ1n) is 9.64. The van der Waals surface area contributed by atoms with Gasteiger partial charge in [0.25, 0.3) is 0 Å². The van der Waals surface area contributed by atoms with Crippen LogP contribution >= 0.6 is 0 Å². The van der Waals surface area contributed by atoms with Gasteiger partial charge in [-0.05, 0) is 30.2 Å². The second-order valence-electron chi connectivity index (χ2n) is 6.11. The average Bonchev–Trinajstić information content (AvgIpc) is 2.75. The van der Waals surface area contributed by atoms with Crippen molar-refractivity contribution in [2.75, 3.05) is 0 Å². The predicted octanol–water partition coefficient (Wildman–Crippen LogP) is 5.24. The minimum Gasteiger partial charge on any atom is -0.478 e. The lowest BCUT2D eigenvalue weighted by Gasteiger charge is -1.98. The maximum Gasteiger partial charge on any atom is 0.336 e. The van der Waals surface area contributed by atoms with E-state index in [1.807, 2.05) is 13.8 Å². The fraction of sp³-hybridized carbons (Fsp3) is 0.304. The van der Waals surface area contributed by atoms with Gasteiger partial charge in [-0.25, -0.2) is 19.2 Å². The van der Waals surface area contributed by atoms with Crippen LogP contribution in [-0.2, 0) is 0 Å². The maximum atomic E-state index is 10.5. The van der Waals surface area contributed by atoms with Crippen LogP contribution in [0.3, 0.4) is 0 Å². The van der Waals surface area contributed by atoms with Crippen molar-refractivity contribution in [2.45, 2.75) is 41.0 Å². The zero-order valence-electron chi connectivity index (χ0n) is 18.3. The molecule has 0 unspecified atom stereocenters. The van der Waals surface area contributed by atoms with Gasteiger partial charge in [0.1, 0.15) is 0 Å². The number of carboxylic acids is 4. The summed E-state index contributed by atoms with van der Waals surface area (Å²) in [6.45, 7) is 10.6. The molecule has 0 aliphatic heterocycles. The molecule has 170 valence electrons. The smallest absolute Gasteiger partial charge is 0.336 e. The van der Waals surface area contributed by atoms with Crippen LogP contribution in [0.1, 0.15) is 82.5 Å². The molecule has 2 aromatic rings. The van der Waals surface area contributed by atoms with Crippen molar-refractivity contribution in [3.8, 4) is 0 Å². The predicted molar refractivity (Wildman–Crippen MR) is 117 cm³/mol. The Labute approximate surface area is 181 Å². The number of hydrogen-bond acceptors (Lipinski definition) is 4. The second-order valence-corrected chi connectivity index (χ2v) is 6.11. The highest BCUT2D eigenvalue weighted by Gasteiger charge is 2.14. The molecule has 0 aliphatic carbocycles. The van der Waals surface area contributed by atoms with Crippen LogP contribution in [0, 0.1) is 5.92 Å². The lowest BCUT2D eigenvalue weighted by Crippen LogP contribution is -2.06. The molecule has 0 aromatic heterocycles. The molecule has 2 rings (SSSR count). The molecule has 2 aromatic carbocycles. The van der Waals surface area contributed by atoms with Gasteiger partial charge in [0.05, 0.1) is 22.3 Å². The van der Waals surface area contributed by atoms with E-state index in [1.54, 1.807) is 0 Å². The summed E-state index contributed by atoms with van der Waals surface area (Å²) in [5.41, 5.74) is -0.759. The number of hydrogen-bond donors (Lipinski definition) is 4. The summed E-state index contributed by atoms with van der Waals surface area (Å²) in [5, 5.41) is 34.2. The Kier molecular flexibility index (Phi) is 15.4. The van der Waals surface area contributed by atoms with E-state index in [0.717, 1.165) is 5.92 Å². The third-order valence-electron chi connectivity index (χ3n) is 3.59. The van der Waals surface area contributed by atoms with Crippen LogP contribution in [0.5, 0.6) is 0 Å². The third-order valence-corrected chi connectivity index (χ3v) is 3.59. The number of aromatic carboxylic acids is 4. The summed E-state index contributed by atoms with van der Waals surface area (Å²) in [6.07, 6.45) is 1.31. The van der Waals surface area contributed by atoms with Crippen molar-refractivity contribution in [1.82, 2.24) is 0 Å². The summed E-state index contributed by atoms with van der Waals surface area (Å²) in [6, 6.07) is 11.0. The Hall–Kier alpha value is -3.68. The highest BCUT2D eigenvalue weighted by molar-refractivity contribution is 6.02. The molecule has 0 aliphatic rings. The van der Waals surface area contributed by atoms with E-state index < -0.39 is 23.9 Å². The molecule has 8 heteroatoms. The van der Waals surface area contributed by atoms with Crippen molar-refractivity contribution in [3.63, 3.8) is 0 Å². The van der Waals surface area contributed by atoms with E-state index in [4.69, 9.17) is 20.4 Å². The molecule has 0 saturated heterocycles. The maximum absolute atomic E-state index is 10.5. The highest BCUT2D eigenvalue weighted by atomic mass is 16.4.